The van der Waals surface area contributed by atoms with Crippen molar-refractivity contribution in [1.82, 2.24) is 4.98 Å². The maximum Gasteiger partial charge on any atom is 0.343 e. The third-order valence-corrected chi connectivity index (χ3v) is 3.22. The minimum atomic E-state index is -0.959. The van der Waals surface area contributed by atoms with Crippen LogP contribution in [0.5, 0.6) is 0 Å². The summed E-state index contributed by atoms with van der Waals surface area (Å²) in [5.41, 5.74) is 7.27. The van der Waals surface area contributed by atoms with Crippen LogP contribution in [0, 0.1) is 11.8 Å². The van der Waals surface area contributed by atoms with E-state index in [1.807, 2.05) is 39.8 Å². The molecule has 0 saturated heterocycles. The molecule has 1 heterocycles. The second-order valence-electron chi connectivity index (χ2n) is 3.72. The molecule has 22 heavy (non-hydrogen) atoms. The van der Waals surface area contributed by atoms with E-state index in [-0.39, 0.29) is 4.91 Å². The van der Waals surface area contributed by atoms with E-state index in [4.69, 9.17) is 10.8 Å². The summed E-state index contributed by atoms with van der Waals surface area (Å²) in [6.45, 7) is 7.64. The van der Waals surface area contributed by atoms with Crippen molar-refractivity contribution >= 4 is 17.7 Å². The van der Waals surface area contributed by atoms with Gasteiger partial charge in [0.2, 0.25) is 0 Å². The van der Waals surface area contributed by atoms with Gasteiger partial charge in [-0.15, -0.1) is 23.6 Å². The lowest BCUT2D eigenvalue weighted by molar-refractivity contribution is -0.131. The van der Waals surface area contributed by atoms with Crippen LogP contribution in [-0.2, 0) is 11.2 Å². The molecule has 5 heteroatoms. The first-order valence-corrected chi connectivity index (χ1v) is 8.27. The van der Waals surface area contributed by atoms with E-state index >= 15 is 0 Å². The molecule has 0 amide bonds. The Morgan fingerprint density at radius 1 is 1.27 bits per heavy atom. The summed E-state index contributed by atoms with van der Waals surface area (Å²) < 4.78 is 0. The zero-order valence-electron chi connectivity index (χ0n) is 14.0. The Morgan fingerprint density at radius 3 is 2.14 bits per heavy atom. The fraction of sp³-hybridized carbons (Fsp3) is 0.412. The maximum absolute atomic E-state index is 10.8. The van der Waals surface area contributed by atoms with Crippen LogP contribution in [0.3, 0.4) is 0 Å². The fourth-order valence-electron chi connectivity index (χ4n) is 1.30. The average molecular weight is 322 g/mol. The SMILES string of the molecule is CC.CC#CC.CS/C(C(=O)O)=C(\N)CCc1ccncc1. The fourth-order valence-corrected chi connectivity index (χ4v) is 1.84. The van der Waals surface area contributed by atoms with Crippen LogP contribution >= 0.6 is 11.8 Å². The normalized spacial score (nSPS) is 9.68. The van der Waals surface area contributed by atoms with Crippen molar-refractivity contribution < 1.29 is 9.90 Å². The summed E-state index contributed by atoms with van der Waals surface area (Å²) in [6.07, 6.45) is 6.41. The first-order chi connectivity index (χ1) is 10.6. The molecule has 0 unspecified atom stereocenters. The monoisotopic (exact) mass is 322 g/mol. The molecule has 1 aromatic heterocycles. The molecule has 0 saturated carbocycles. The van der Waals surface area contributed by atoms with Gasteiger partial charge in [0.25, 0.3) is 0 Å². The molecule has 122 valence electrons. The van der Waals surface area contributed by atoms with E-state index in [1.54, 1.807) is 18.6 Å². The van der Waals surface area contributed by atoms with Crippen LogP contribution in [0.2, 0.25) is 0 Å². The van der Waals surface area contributed by atoms with E-state index < -0.39 is 5.97 Å². The average Bonchev–Trinajstić information content (AvgIpc) is 2.56. The second-order valence-corrected chi connectivity index (χ2v) is 4.54. The number of aromatic nitrogens is 1. The molecule has 1 rings (SSSR count). The van der Waals surface area contributed by atoms with Gasteiger partial charge in [-0.3, -0.25) is 4.98 Å². The summed E-state index contributed by atoms with van der Waals surface area (Å²) >= 11 is 1.16. The summed E-state index contributed by atoms with van der Waals surface area (Å²) in [4.78, 5) is 15.0. The van der Waals surface area contributed by atoms with Crippen LogP contribution < -0.4 is 5.73 Å². The van der Waals surface area contributed by atoms with Gasteiger partial charge >= 0.3 is 5.97 Å². The molecule has 1 aromatic rings. The summed E-state index contributed by atoms with van der Waals surface area (Å²) in [6, 6.07) is 3.79. The number of aryl methyl sites for hydroxylation is 1. The van der Waals surface area contributed by atoms with Crippen molar-refractivity contribution in [1.29, 1.82) is 0 Å². The Balaban J connectivity index is 0. The van der Waals surface area contributed by atoms with Gasteiger partial charge in [-0.1, -0.05) is 13.8 Å². The Morgan fingerprint density at radius 2 is 1.77 bits per heavy atom. The van der Waals surface area contributed by atoms with Crippen molar-refractivity contribution in [3.63, 3.8) is 0 Å². The number of carbonyl (C=O) groups is 1. The zero-order chi connectivity index (χ0) is 17.4. The predicted molar refractivity (Wildman–Crippen MR) is 95.4 cm³/mol. The summed E-state index contributed by atoms with van der Waals surface area (Å²) in [5, 5.41) is 8.87. The van der Waals surface area contributed by atoms with Crippen molar-refractivity contribution in [3.8, 4) is 11.8 Å². The predicted octanol–water partition coefficient (Wildman–Crippen LogP) is 3.69. The van der Waals surface area contributed by atoms with Gasteiger partial charge in [0.05, 0.1) is 0 Å². The second kappa shape index (κ2) is 15.5. The third kappa shape index (κ3) is 10.8. The Labute approximate surface area is 138 Å². The highest BCUT2D eigenvalue weighted by Gasteiger charge is 2.10. The van der Waals surface area contributed by atoms with Crippen molar-refractivity contribution in [2.45, 2.75) is 40.5 Å². The number of hydrogen-bond donors (Lipinski definition) is 2. The number of thioether (sulfide) groups is 1. The molecule has 0 radical (unpaired) electrons. The van der Waals surface area contributed by atoms with Gasteiger partial charge in [0.15, 0.2) is 0 Å². The van der Waals surface area contributed by atoms with E-state index in [0.29, 0.717) is 12.1 Å². The van der Waals surface area contributed by atoms with Crippen LogP contribution in [-0.4, -0.2) is 22.3 Å². The topological polar surface area (TPSA) is 76.2 Å². The van der Waals surface area contributed by atoms with Gasteiger partial charge < -0.3 is 10.8 Å². The number of pyridine rings is 1. The molecule has 0 aliphatic heterocycles. The number of nitrogens with two attached hydrogens (primary N) is 1. The van der Waals surface area contributed by atoms with E-state index in [0.717, 1.165) is 23.7 Å². The molecule has 4 nitrogen and oxygen atoms in total. The lowest BCUT2D eigenvalue weighted by Crippen LogP contribution is -2.09. The zero-order valence-corrected chi connectivity index (χ0v) is 14.8. The number of allylic oxidation sites excluding steroid dienone is 1. The van der Waals surface area contributed by atoms with E-state index in [9.17, 15) is 4.79 Å². The lowest BCUT2D eigenvalue weighted by Gasteiger charge is -2.05. The molecule has 0 aromatic carbocycles. The number of nitrogens with zero attached hydrogens (tertiary/aromatic N) is 1. The molecule has 0 fully saturated rings. The van der Waals surface area contributed by atoms with Gasteiger partial charge in [-0.05, 0) is 50.6 Å². The first kappa shape index (κ1) is 22.4. The van der Waals surface area contributed by atoms with Crippen molar-refractivity contribution in [2.75, 3.05) is 6.26 Å². The van der Waals surface area contributed by atoms with Crippen LogP contribution in [0.1, 0.15) is 39.7 Å². The van der Waals surface area contributed by atoms with Crippen LogP contribution in [0.15, 0.2) is 35.1 Å². The molecule has 0 bridgehead atoms. The largest absolute Gasteiger partial charge is 0.477 e. The summed E-state index contributed by atoms with van der Waals surface area (Å²) in [5.74, 6) is 4.40. The molecule has 0 atom stereocenters. The van der Waals surface area contributed by atoms with Gasteiger partial charge in [-0.2, -0.15) is 0 Å². The number of carboxylic acid groups (broad SMARTS) is 1. The van der Waals surface area contributed by atoms with Crippen LogP contribution in [0.4, 0.5) is 0 Å². The molecule has 0 spiro atoms. The van der Waals surface area contributed by atoms with Crippen molar-refractivity contribution in [3.05, 3.63) is 40.7 Å². The maximum atomic E-state index is 10.8. The quantitative estimate of drug-likeness (QED) is 0.638. The molecule has 0 aliphatic rings. The highest BCUT2D eigenvalue weighted by atomic mass is 32.2. The number of hydrogen-bond acceptors (Lipinski definition) is 4. The highest BCUT2D eigenvalue weighted by molar-refractivity contribution is 8.03. The minimum absolute atomic E-state index is 0.231. The minimum Gasteiger partial charge on any atom is -0.477 e. The third-order valence-electron chi connectivity index (χ3n) is 2.37. The molecular formula is C17H26N2O2S. The molecule has 0 aliphatic carbocycles. The number of carboxylic acids is 1. The first-order valence-electron chi connectivity index (χ1n) is 7.05. The summed E-state index contributed by atoms with van der Waals surface area (Å²) in [7, 11) is 0. The molecular weight excluding hydrogens is 296 g/mol. The Bertz CT molecular complexity index is 496. The molecule has 3 N–H and O–H groups in total. The smallest absolute Gasteiger partial charge is 0.343 e. The van der Waals surface area contributed by atoms with E-state index in [1.165, 1.54) is 0 Å². The number of aliphatic carboxylic acids is 1. The Hall–Kier alpha value is -1.93. The highest BCUT2D eigenvalue weighted by Crippen LogP contribution is 2.17. The van der Waals surface area contributed by atoms with Crippen molar-refractivity contribution in [2.24, 2.45) is 5.73 Å². The Kier molecular flexibility index (Phi) is 15.7. The van der Waals surface area contributed by atoms with Gasteiger partial charge in [0.1, 0.15) is 4.91 Å². The van der Waals surface area contributed by atoms with E-state index in [2.05, 4.69) is 16.8 Å². The van der Waals surface area contributed by atoms with Gasteiger partial charge in [0, 0.05) is 18.1 Å². The lowest BCUT2D eigenvalue weighted by atomic mass is 10.1. The van der Waals surface area contributed by atoms with Crippen LogP contribution in [0.25, 0.3) is 0 Å². The number of rotatable bonds is 5. The standard InChI is InChI=1S/C11H14N2O2S.C4H6.C2H6/c1-16-10(11(14)15)9(12)3-2-8-4-6-13-7-5-8;1-3-4-2;1-2/h4-7H,2-3,12H2,1H3,(H,14,15);1-2H3;1-2H3/b10-9-;;. The van der Waals surface area contributed by atoms with Gasteiger partial charge in [-0.25, -0.2) is 4.79 Å².